The first-order valence-corrected chi connectivity index (χ1v) is 7.97. The van der Waals surface area contributed by atoms with Crippen LogP contribution < -0.4 is 15.8 Å². The fraction of sp³-hybridized carbons (Fsp3) is 0.333. The summed E-state index contributed by atoms with van der Waals surface area (Å²) >= 11 is 0. The summed E-state index contributed by atoms with van der Waals surface area (Å²) in [6.45, 7) is 1.74. The highest BCUT2D eigenvalue weighted by molar-refractivity contribution is 5.94. The lowest BCUT2D eigenvalue weighted by Crippen LogP contribution is -2.53. The maximum atomic E-state index is 12.3. The van der Waals surface area contributed by atoms with Crippen LogP contribution in [0.2, 0.25) is 0 Å². The summed E-state index contributed by atoms with van der Waals surface area (Å²) in [5.41, 5.74) is 6.47. The number of amides is 1. The van der Waals surface area contributed by atoms with E-state index in [0.717, 1.165) is 12.8 Å². The van der Waals surface area contributed by atoms with E-state index in [1.165, 1.54) is 0 Å². The quantitative estimate of drug-likeness (QED) is 0.878. The molecule has 3 rings (SSSR count). The third kappa shape index (κ3) is 4.31. The van der Waals surface area contributed by atoms with Crippen molar-refractivity contribution in [2.24, 2.45) is 5.73 Å². The summed E-state index contributed by atoms with van der Waals surface area (Å²) in [6, 6.07) is 10.6. The third-order valence-electron chi connectivity index (χ3n) is 4.08. The van der Waals surface area contributed by atoms with Crippen LogP contribution in [-0.2, 0) is 4.74 Å². The Morgan fingerprint density at radius 3 is 2.62 bits per heavy atom. The van der Waals surface area contributed by atoms with E-state index in [1.54, 1.807) is 42.7 Å². The van der Waals surface area contributed by atoms with E-state index < -0.39 is 0 Å². The van der Waals surface area contributed by atoms with Crippen LogP contribution in [0.15, 0.2) is 48.8 Å². The second-order valence-electron chi connectivity index (χ2n) is 5.97. The lowest BCUT2D eigenvalue weighted by molar-refractivity contribution is 0.0518. The number of carbonyl (C=O) groups excluding carboxylic acids is 1. The molecule has 24 heavy (non-hydrogen) atoms. The Morgan fingerprint density at radius 2 is 1.96 bits per heavy atom. The largest absolute Gasteiger partial charge is 0.456 e. The normalized spacial score (nSPS) is 16.4. The smallest absolute Gasteiger partial charge is 0.251 e. The van der Waals surface area contributed by atoms with Gasteiger partial charge in [-0.2, -0.15) is 0 Å². The van der Waals surface area contributed by atoms with E-state index in [2.05, 4.69) is 10.3 Å². The molecule has 2 aromatic rings. The molecule has 0 saturated carbocycles. The number of nitrogens with zero attached hydrogens (tertiary/aromatic N) is 1. The first-order chi connectivity index (χ1) is 11.6. The predicted octanol–water partition coefficient (Wildman–Crippen LogP) is 2.11. The van der Waals surface area contributed by atoms with Crippen molar-refractivity contribution in [3.63, 3.8) is 0 Å². The SMILES string of the molecule is NC1(CNC(=O)c2ccc(Oc3cccnc3)cc2)CCOCC1. The van der Waals surface area contributed by atoms with E-state index in [0.29, 0.717) is 36.8 Å². The number of aromatic nitrogens is 1. The van der Waals surface area contributed by atoms with Crippen LogP contribution in [0.5, 0.6) is 11.5 Å². The summed E-state index contributed by atoms with van der Waals surface area (Å²) in [6.07, 6.45) is 4.83. The second-order valence-corrected chi connectivity index (χ2v) is 5.97. The molecule has 0 unspecified atom stereocenters. The van der Waals surface area contributed by atoms with Crippen LogP contribution in [0.25, 0.3) is 0 Å². The van der Waals surface area contributed by atoms with Gasteiger partial charge >= 0.3 is 0 Å². The zero-order valence-corrected chi connectivity index (χ0v) is 13.4. The Bertz CT molecular complexity index is 668. The lowest BCUT2D eigenvalue weighted by atomic mass is 9.91. The first-order valence-electron chi connectivity index (χ1n) is 7.97. The molecular formula is C18H21N3O3. The molecule has 0 aliphatic carbocycles. The number of nitrogens with two attached hydrogens (primary N) is 1. The molecule has 3 N–H and O–H groups in total. The summed E-state index contributed by atoms with van der Waals surface area (Å²) in [7, 11) is 0. The summed E-state index contributed by atoms with van der Waals surface area (Å²) < 4.78 is 11.0. The molecular weight excluding hydrogens is 306 g/mol. The summed E-state index contributed by atoms with van der Waals surface area (Å²) in [4.78, 5) is 16.2. The van der Waals surface area contributed by atoms with Crippen LogP contribution in [0.1, 0.15) is 23.2 Å². The van der Waals surface area contributed by atoms with Crippen LogP contribution in [0, 0.1) is 0 Å². The standard InChI is InChI=1S/C18H21N3O3/c19-18(7-10-23-11-8-18)13-21-17(22)14-3-5-15(6-4-14)24-16-2-1-9-20-12-16/h1-6,9,12H,7-8,10-11,13,19H2,(H,21,22). The molecule has 0 spiro atoms. The van der Waals surface area contributed by atoms with Gasteiger partial charge in [0.05, 0.1) is 6.20 Å². The summed E-state index contributed by atoms with van der Waals surface area (Å²) in [5.74, 6) is 1.16. The molecule has 0 bridgehead atoms. The average Bonchev–Trinajstić information content (AvgIpc) is 2.62. The van der Waals surface area contributed by atoms with E-state index in [-0.39, 0.29) is 11.4 Å². The third-order valence-corrected chi connectivity index (χ3v) is 4.08. The van der Waals surface area contributed by atoms with Gasteiger partial charge in [0.2, 0.25) is 0 Å². The number of rotatable bonds is 5. The van der Waals surface area contributed by atoms with Crippen molar-refractivity contribution in [2.45, 2.75) is 18.4 Å². The Kier molecular flexibility index (Phi) is 5.08. The van der Waals surface area contributed by atoms with E-state index >= 15 is 0 Å². The van der Waals surface area contributed by atoms with Gasteiger partial charge in [-0.3, -0.25) is 9.78 Å². The molecule has 2 heterocycles. The number of hydrogen-bond donors (Lipinski definition) is 2. The van der Waals surface area contributed by atoms with Gasteiger partial charge in [-0.15, -0.1) is 0 Å². The molecule has 126 valence electrons. The van der Waals surface area contributed by atoms with Gasteiger partial charge in [0, 0.05) is 37.1 Å². The monoisotopic (exact) mass is 327 g/mol. The fourth-order valence-corrected chi connectivity index (χ4v) is 2.53. The Balaban J connectivity index is 1.55. The van der Waals surface area contributed by atoms with Crippen LogP contribution in [-0.4, -0.2) is 36.2 Å². The van der Waals surface area contributed by atoms with Gasteiger partial charge < -0.3 is 20.5 Å². The molecule has 6 nitrogen and oxygen atoms in total. The minimum absolute atomic E-state index is 0.140. The molecule has 0 atom stereocenters. The van der Waals surface area contributed by atoms with Crippen LogP contribution in [0.3, 0.4) is 0 Å². The minimum Gasteiger partial charge on any atom is -0.456 e. The van der Waals surface area contributed by atoms with Gasteiger partial charge in [-0.1, -0.05) is 0 Å². The van der Waals surface area contributed by atoms with Gasteiger partial charge in [0.15, 0.2) is 0 Å². The lowest BCUT2D eigenvalue weighted by Gasteiger charge is -2.33. The number of carbonyl (C=O) groups is 1. The second kappa shape index (κ2) is 7.42. The van der Waals surface area contributed by atoms with E-state index in [1.807, 2.05) is 6.07 Å². The van der Waals surface area contributed by atoms with Crippen molar-refractivity contribution in [3.8, 4) is 11.5 Å². The molecule has 0 radical (unpaired) electrons. The number of ether oxygens (including phenoxy) is 2. The molecule has 1 fully saturated rings. The molecule has 1 saturated heterocycles. The van der Waals surface area contributed by atoms with Crippen molar-refractivity contribution in [1.29, 1.82) is 0 Å². The fourth-order valence-electron chi connectivity index (χ4n) is 2.53. The summed E-state index contributed by atoms with van der Waals surface area (Å²) in [5, 5.41) is 2.91. The molecule has 6 heteroatoms. The molecule has 1 aromatic heterocycles. The van der Waals surface area contributed by atoms with Crippen molar-refractivity contribution < 1.29 is 14.3 Å². The number of benzene rings is 1. The zero-order chi connectivity index (χ0) is 16.8. The van der Waals surface area contributed by atoms with Gasteiger partial charge in [0.25, 0.3) is 5.91 Å². The molecule has 1 amide bonds. The minimum atomic E-state index is -0.378. The zero-order valence-electron chi connectivity index (χ0n) is 13.4. The number of pyridine rings is 1. The first kappa shape index (κ1) is 16.4. The average molecular weight is 327 g/mol. The highest BCUT2D eigenvalue weighted by Crippen LogP contribution is 2.21. The maximum absolute atomic E-state index is 12.3. The van der Waals surface area contributed by atoms with Crippen molar-refractivity contribution in [2.75, 3.05) is 19.8 Å². The van der Waals surface area contributed by atoms with Crippen molar-refractivity contribution in [1.82, 2.24) is 10.3 Å². The predicted molar refractivity (Wildman–Crippen MR) is 90.1 cm³/mol. The van der Waals surface area contributed by atoms with Gasteiger partial charge in [-0.05, 0) is 49.2 Å². The van der Waals surface area contributed by atoms with E-state index in [9.17, 15) is 4.79 Å². The highest BCUT2D eigenvalue weighted by atomic mass is 16.5. The highest BCUT2D eigenvalue weighted by Gasteiger charge is 2.28. The van der Waals surface area contributed by atoms with E-state index in [4.69, 9.17) is 15.2 Å². The Labute approximate surface area is 141 Å². The molecule has 1 aromatic carbocycles. The number of hydrogen-bond acceptors (Lipinski definition) is 5. The molecule has 1 aliphatic rings. The molecule has 1 aliphatic heterocycles. The van der Waals surface area contributed by atoms with Crippen LogP contribution in [0.4, 0.5) is 0 Å². The topological polar surface area (TPSA) is 86.5 Å². The Morgan fingerprint density at radius 1 is 1.21 bits per heavy atom. The van der Waals surface area contributed by atoms with Crippen molar-refractivity contribution in [3.05, 3.63) is 54.4 Å². The van der Waals surface area contributed by atoms with Crippen molar-refractivity contribution >= 4 is 5.91 Å². The van der Waals surface area contributed by atoms with Gasteiger partial charge in [0.1, 0.15) is 11.5 Å². The van der Waals surface area contributed by atoms with Crippen LogP contribution >= 0.6 is 0 Å². The van der Waals surface area contributed by atoms with Gasteiger partial charge in [-0.25, -0.2) is 0 Å². The Hall–Kier alpha value is -2.44. The number of nitrogens with one attached hydrogen (secondary N) is 1. The maximum Gasteiger partial charge on any atom is 0.251 e.